The molecule has 0 unspecified atom stereocenters. The van der Waals surface area contributed by atoms with Crippen LogP contribution in [0.5, 0.6) is 0 Å². The van der Waals surface area contributed by atoms with Crippen molar-refractivity contribution in [2.45, 2.75) is 39.6 Å². The number of carbonyl (C=O) groups is 1. The van der Waals surface area contributed by atoms with Crippen molar-refractivity contribution in [2.24, 2.45) is 11.8 Å². The molecule has 4 rings (SSSR count). The largest absolute Gasteiger partial charge is 0.444 e. The van der Waals surface area contributed by atoms with Crippen LogP contribution >= 0.6 is 0 Å². The van der Waals surface area contributed by atoms with Crippen LogP contribution in [-0.4, -0.2) is 56.0 Å². The summed E-state index contributed by atoms with van der Waals surface area (Å²) in [7, 11) is 0. The normalized spacial score (nSPS) is 16.3. The van der Waals surface area contributed by atoms with Crippen molar-refractivity contribution >= 4 is 6.09 Å². The summed E-state index contributed by atoms with van der Waals surface area (Å²) in [6.45, 7) is 12.3. The molecule has 0 radical (unpaired) electrons. The molecule has 0 saturated carbocycles. The van der Waals surface area contributed by atoms with Crippen molar-refractivity contribution in [3.63, 3.8) is 0 Å². The first-order valence-corrected chi connectivity index (χ1v) is 11.8. The predicted molar refractivity (Wildman–Crippen MR) is 130 cm³/mol. The lowest BCUT2D eigenvalue weighted by atomic mass is 10.0. The Hall–Kier alpha value is -2.41. The van der Waals surface area contributed by atoms with Crippen molar-refractivity contribution in [2.75, 3.05) is 39.4 Å². The molecule has 1 amide bonds. The van der Waals surface area contributed by atoms with E-state index < -0.39 is 5.60 Å². The minimum atomic E-state index is -0.425. The molecule has 180 valence electrons. The van der Waals surface area contributed by atoms with Gasteiger partial charge < -0.3 is 24.4 Å². The topological polar surface area (TPSA) is 60.0 Å². The fourth-order valence-electron chi connectivity index (χ4n) is 3.45. The number of ether oxygens (including phenoxy) is 3. The van der Waals surface area contributed by atoms with E-state index in [0.29, 0.717) is 19.1 Å². The third-order valence-corrected chi connectivity index (χ3v) is 5.41. The van der Waals surface area contributed by atoms with Crippen molar-refractivity contribution in [3.8, 4) is 0 Å². The molecule has 0 atom stereocenters. The van der Waals surface area contributed by atoms with E-state index in [1.165, 1.54) is 11.1 Å². The van der Waals surface area contributed by atoms with Gasteiger partial charge in [0.2, 0.25) is 0 Å². The van der Waals surface area contributed by atoms with Crippen LogP contribution < -0.4 is 5.32 Å². The van der Waals surface area contributed by atoms with E-state index in [-0.39, 0.29) is 6.09 Å². The minimum absolute atomic E-state index is 0.225. The molecule has 0 spiro atoms. The van der Waals surface area contributed by atoms with Crippen molar-refractivity contribution in [3.05, 3.63) is 71.8 Å². The maximum atomic E-state index is 11.7. The van der Waals surface area contributed by atoms with E-state index in [1.807, 2.05) is 69.3 Å². The van der Waals surface area contributed by atoms with E-state index in [9.17, 15) is 4.79 Å². The highest BCUT2D eigenvalue weighted by molar-refractivity contribution is 5.69. The Morgan fingerprint density at radius 3 is 1.76 bits per heavy atom. The zero-order valence-corrected chi connectivity index (χ0v) is 20.2. The van der Waals surface area contributed by atoms with Crippen LogP contribution in [0.3, 0.4) is 0 Å². The van der Waals surface area contributed by atoms with Crippen molar-refractivity contribution in [1.82, 2.24) is 10.2 Å². The van der Waals surface area contributed by atoms with Crippen LogP contribution in [0.25, 0.3) is 0 Å². The second kappa shape index (κ2) is 12.7. The zero-order chi connectivity index (χ0) is 23.5. The van der Waals surface area contributed by atoms with E-state index in [1.54, 1.807) is 4.90 Å². The number of hydrogen-bond acceptors (Lipinski definition) is 5. The van der Waals surface area contributed by atoms with Crippen LogP contribution in [0.4, 0.5) is 4.79 Å². The lowest BCUT2D eigenvalue weighted by molar-refractivity contribution is -0.0227. The summed E-state index contributed by atoms with van der Waals surface area (Å²) in [4.78, 5) is 13.5. The molecular weight excluding hydrogens is 416 g/mol. The molecule has 2 aliphatic rings. The molecule has 1 N–H and O–H groups in total. The summed E-state index contributed by atoms with van der Waals surface area (Å²) in [5, 5.41) is 3.23. The lowest BCUT2D eigenvalue weighted by Gasteiger charge is -2.39. The first kappa shape index (κ1) is 25.2. The molecule has 0 bridgehead atoms. The maximum Gasteiger partial charge on any atom is 0.410 e. The van der Waals surface area contributed by atoms with Gasteiger partial charge in [-0.2, -0.15) is 0 Å². The van der Waals surface area contributed by atoms with Gasteiger partial charge in [-0.05, 0) is 31.9 Å². The third kappa shape index (κ3) is 9.54. The standard InChI is InChI=1S/C16H23NO3.C11H15NO/c1-16(2,3)20-15(18)17-9-14(10-17)12-19-11-13-7-5-4-6-8-13;1-2-4-10(5-3-1)8-13-9-11-6-12-7-11/h4-8,14H,9-12H2,1-3H3;1-5,11-12H,6-9H2. The second-order valence-electron chi connectivity index (χ2n) is 9.78. The first-order chi connectivity index (χ1) is 15.9. The van der Waals surface area contributed by atoms with Gasteiger partial charge >= 0.3 is 6.09 Å². The van der Waals surface area contributed by atoms with E-state index in [0.717, 1.165) is 45.3 Å². The smallest absolute Gasteiger partial charge is 0.410 e. The fraction of sp³-hybridized carbons (Fsp3) is 0.519. The first-order valence-electron chi connectivity index (χ1n) is 11.8. The molecule has 6 heteroatoms. The van der Waals surface area contributed by atoms with Crippen LogP contribution in [0.1, 0.15) is 31.9 Å². The number of carbonyl (C=O) groups excluding carboxylic acids is 1. The second-order valence-corrected chi connectivity index (χ2v) is 9.78. The molecule has 2 fully saturated rings. The van der Waals surface area contributed by atoms with Gasteiger partial charge in [0.1, 0.15) is 5.60 Å². The maximum absolute atomic E-state index is 11.7. The highest BCUT2D eigenvalue weighted by atomic mass is 16.6. The third-order valence-electron chi connectivity index (χ3n) is 5.41. The van der Waals surface area contributed by atoms with Crippen LogP contribution in [0.2, 0.25) is 0 Å². The van der Waals surface area contributed by atoms with Crippen LogP contribution in [0, 0.1) is 11.8 Å². The number of rotatable bonds is 8. The summed E-state index contributed by atoms with van der Waals surface area (Å²) >= 11 is 0. The van der Waals surface area contributed by atoms with Gasteiger partial charge in [-0.15, -0.1) is 0 Å². The SMILES string of the molecule is CC(C)(C)OC(=O)N1CC(COCc2ccccc2)C1.c1ccc(COCC2CNC2)cc1. The average molecular weight is 455 g/mol. The Morgan fingerprint density at radius 1 is 0.848 bits per heavy atom. The number of benzene rings is 2. The summed E-state index contributed by atoms with van der Waals surface area (Å²) in [6.07, 6.45) is -0.225. The molecule has 2 heterocycles. The van der Waals surface area contributed by atoms with Gasteiger partial charge in [0, 0.05) is 38.0 Å². The summed E-state index contributed by atoms with van der Waals surface area (Å²) in [5.74, 6) is 1.16. The molecule has 2 aromatic carbocycles. The Balaban J connectivity index is 0.000000203. The Bertz CT molecular complexity index is 813. The van der Waals surface area contributed by atoms with Gasteiger partial charge in [0.15, 0.2) is 0 Å². The van der Waals surface area contributed by atoms with Crippen LogP contribution in [-0.2, 0) is 27.4 Å². The lowest BCUT2D eigenvalue weighted by Crippen LogP contribution is -2.53. The molecule has 6 nitrogen and oxygen atoms in total. The quantitative estimate of drug-likeness (QED) is 0.637. The van der Waals surface area contributed by atoms with Crippen molar-refractivity contribution < 1.29 is 19.0 Å². The number of hydrogen-bond donors (Lipinski definition) is 1. The van der Waals surface area contributed by atoms with Crippen LogP contribution in [0.15, 0.2) is 60.7 Å². The fourth-order valence-corrected chi connectivity index (χ4v) is 3.45. The van der Waals surface area contributed by atoms with E-state index in [2.05, 4.69) is 17.4 Å². The molecular formula is C27H38N2O4. The summed E-state index contributed by atoms with van der Waals surface area (Å²) in [5.41, 5.74) is 2.01. The van der Waals surface area contributed by atoms with Gasteiger partial charge in [0.25, 0.3) is 0 Å². The Kier molecular flexibility index (Phi) is 9.73. The average Bonchev–Trinajstić information content (AvgIpc) is 2.72. The Morgan fingerprint density at radius 2 is 1.33 bits per heavy atom. The minimum Gasteiger partial charge on any atom is -0.444 e. The molecule has 0 aromatic heterocycles. The summed E-state index contributed by atoms with van der Waals surface area (Å²) in [6, 6.07) is 20.4. The summed E-state index contributed by atoms with van der Waals surface area (Å²) < 4.78 is 16.6. The molecule has 2 aromatic rings. The monoisotopic (exact) mass is 454 g/mol. The number of amides is 1. The molecule has 33 heavy (non-hydrogen) atoms. The van der Waals surface area contributed by atoms with Gasteiger partial charge in [-0.3, -0.25) is 0 Å². The molecule has 2 saturated heterocycles. The number of likely N-dealkylation sites (tertiary alicyclic amines) is 1. The number of nitrogens with one attached hydrogen (secondary N) is 1. The van der Waals surface area contributed by atoms with E-state index >= 15 is 0 Å². The molecule has 0 aliphatic carbocycles. The number of nitrogens with zero attached hydrogens (tertiary/aromatic N) is 1. The van der Waals surface area contributed by atoms with E-state index in [4.69, 9.17) is 14.2 Å². The van der Waals surface area contributed by atoms with Gasteiger partial charge in [0.05, 0.1) is 26.4 Å². The van der Waals surface area contributed by atoms with Gasteiger partial charge in [-0.25, -0.2) is 4.79 Å². The highest BCUT2D eigenvalue weighted by Crippen LogP contribution is 2.20. The predicted octanol–water partition coefficient (Wildman–Crippen LogP) is 4.49. The Labute approximate surface area is 198 Å². The van der Waals surface area contributed by atoms with Gasteiger partial charge in [-0.1, -0.05) is 60.7 Å². The highest BCUT2D eigenvalue weighted by Gasteiger charge is 2.33. The van der Waals surface area contributed by atoms with Crippen molar-refractivity contribution in [1.29, 1.82) is 0 Å². The zero-order valence-electron chi connectivity index (χ0n) is 20.2. The molecule has 2 aliphatic heterocycles.